The highest BCUT2D eigenvalue weighted by Crippen LogP contribution is 2.48. The van der Waals surface area contributed by atoms with Crippen molar-refractivity contribution in [1.29, 1.82) is 0 Å². The molecule has 0 aromatic heterocycles. The van der Waals surface area contributed by atoms with Crippen LogP contribution in [0.3, 0.4) is 0 Å². The minimum absolute atomic E-state index is 0.00728. The molecule has 1 aliphatic heterocycles. The van der Waals surface area contributed by atoms with Crippen molar-refractivity contribution in [3.63, 3.8) is 0 Å². The quantitative estimate of drug-likeness (QED) is 0.178. The number of amides is 3. The average molecular weight is 595 g/mol. The molecular weight excluding hydrogens is 564 g/mol. The van der Waals surface area contributed by atoms with Gasteiger partial charge in [0.05, 0.1) is 4.75 Å². The Hall–Kier alpha value is -4.89. The first-order chi connectivity index (χ1) is 21.0. The van der Waals surface area contributed by atoms with E-state index in [9.17, 15) is 19.2 Å². The van der Waals surface area contributed by atoms with Gasteiger partial charge in [0, 0.05) is 18.6 Å². The zero-order valence-corrected chi connectivity index (χ0v) is 24.1. The molecule has 218 valence electrons. The van der Waals surface area contributed by atoms with Gasteiger partial charge >= 0.3 is 12.1 Å². The standard InChI is InChI=1S/C34H30N2O6S/c37-30-21-22-31(38)36(30)42-32(39)29(35-33(40)41-23-25-13-5-1-6-14-25)24-43-34(26-15-7-2-8-16-26,27-17-9-3-10-18-27)28-19-11-4-12-20-28/h1-20,29H,21-24H2,(H,35,40)/t29-/m1/s1. The number of nitrogens with zero attached hydrogens (tertiary/aromatic N) is 1. The van der Waals surface area contributed by atoms with Crippen molar-refractivity contribution < 1.29 is 28.8 Å². The molecule has 0 aliphatic carbocycles. The summed E-state index contributed by atoms with van der Waals surface area (Å²) in [7, 11) is 0. The third-order valence-electron chi connectivity index (χ3n) is 6.98. The van der Waals surface area contributed by atoms with Crippen molar-refractivity contribution >= 4 is 35.6 Å². The average Bonchev–Trinajstić information content (AvgIpc) is 3.37. The molecule has 1 heterocycles. The molecule has 8 nitrogen and oxygen atoms in total. The van der Waals surface area contributed by atoms with E-state index in [1.54, 1.807) is 0 Å². The normalized spacial score (nSPS) is 13.8. The van der Waals surface area contributed by atoms with Gasteiger partial charge in [-0.1, -0.05) is 121 Å². The summed E-state index contributed by atoms with van der Waals surface area (Å²) in [5.41, 5.74) is 3.65. The van der Waals surface area contributed by atoms with Crippen LogP contribution < -0.4 is 5.32 Å². The molecule has 3 amide bonds. The molecule has 1 atom stereocenters. The zero-order chi connectivity index (χ0) is 30.1. The van der Waals surface area contributed by atoms with E-state index in [0.717, 1.165) is 22.3 Å². The Bertz CT molecular complexity index is 1440. The summed E-state index contributed by atoms with van der Waals surface area (Å²) in [4.78, 5) is 56.1. The smallest absolute Gasteiger partial charge is 0.408 e. The lowest BCUT2D eigenvalue weighted by Crippen LogP contribution is -2.47. The van der Waals surface area contributed by atoms with Gasteiger partial charge < -0.3 is 14.9 Å². The molecular formula is C34H30N2O6S. The Morgan fingerprint density at radius 1 is 0.721 bits per heavy atom. The maximum Gasteiger partial charge on any atom is 0.408 e. The summed E-state index contributed by atoms with van der Waals surface area (Å²) >= 11 is 1.42. The Morgan fingerprint density at radius 3 is 1.63 bits per heavy atom. The number of thioether (sulfide) groups is 1. The van der Waals surface area contributed by atoms with Crippen LogP contribution in [0.25, 0.3) is 0 Å². The molecule has 1 aliphatic rings. The lowest BCUT2D eigenvalue weighted by Gasteiger charge is -2.36. The number of hydrogen-bond donors (Lipinski definition) is 1. The van der Waals surface area contributed by atoms with Gasteiger partial charge in [0.1, 0.15) is 12.6 Å². The fourth-order valence-electron chi connectivity index (χ4n) is 4.86. The summed E-state index contributed by atoms with van der Waals surface area (Å²) in [6.07, 6.45) is -0.927. The third-order valence-corrected chi connectivity index (χ3v) is 8.62. The number of imide groups is 1. The number of alkyl carbamates (subject to hydrolysis) is 1. The van der Waals surface area contributed by atoms with Crippen LogP contribution in [-0.2, 0) is 35.3 Å². The maximum absolute atomic E-state index is 13.5. The Balaban J connectivity index is 1.47. The van der Waals surface area contributed by atoms with Crippen molar-refractivity contribution in [2.75, 3.05) is 5.75 Å². The van der Waals surface area contributed by atoms with E-state index in [1.165, 1.54) is 11.8 Å². The molecule has 4 aromatic rings. The number of hydrogen-bond acceptors (Lipinski definition) is 7. The first-order valence-corrected chi connectivity index (χ1v) is 14.8. The number of hydroxylamine groups is 2. The molecule has 1 saturated heterocycles. The largest absolute Gasteiger partial charge is 0.445 e. The van der Waals surface area contributed by atoms with Gasteiger partial charge in [0.25, 0.3) is 11.8 Å². The molecule has 0 radical (unpaired) electrons. The van der Waals surface area contributed by atoms with Crippen LogP contribution in [0.2, 0.25) is 0 Å². The topological polar surface area (TPSA) is 102 Å². The second-order valence-corrected chi connectivity index (χ2v) is 11.1. The molecule has 1 N–H and O–H groups in total. The highest BCUT2D eigenvalue weighted by atomic mass is 32.2. The second-order valence-electron chi connectivity index (χ2n) is 9.84. The van der Waals surface area contributed by atoms with Crippen LogP contribution in [0.5, 0.6) is 0 Å². The van der Waals surface area contributed by atoms with Crippen molar-refractivity contribution in [1.82, 2.24) is 10.4 Å². The molecule has 43 heavy (non-hydrogen) atoms. The van der Waals surface area contributed by atoms with E-state index in [2.05, 4.69) is 5.32 Å². The van der Waals surface area contributed by atoms with E-state index in [4.69, 9.17) is 9.57 Å². The van der Waals surface area contributed by atoms with Crippen LogP contribution in [0.4, 0.5) is 4.79 Å². The van der Waals surface area contributed by atoms with Gasteiger partial charge in [0.2, 0.25) is 0 Å². The van der Waals surface area contributed by atoms with Gasteiger partial charge in [-0.05, 0) is 22.3 Å². The lowest BCUT2D eigenvalue weighted by atomic mass is 9.84. The Labute approximate surface area is 254 Å². The molecule has 9 heteroatoms. The summed E-state index contributed by atoms with van der Waals surface area (Å²) in [6.45, 7) is -0.00728. The van der Waals surface area contributed by atoms with Crippen LogP contribution in [0, 0.1) is 0 Å². The predicted molar refractivity (Wildman–Crippen MR) is 162 cm³/mol. The lowest BCUT2D eigenvalue weighted by molar-refractivity contribution is -0.198. The number of nitrogens with one attached hydrogen (secondary N) is 1. The minimum Gasteiger partial charge on any atom is -0.445 e. The van der Waals surface area contributed by atoms with Gasteiger partial charge in [0.15, 0.2) is 0 Å². The fourth-order valence-corrected chi connectivity index (χ4v) is 6.41. The summed E-state index contributed by atoms with van der Waals surface area (Å²) < 4.78 is 4.60. The molecule has 0 bridgehead atoms. The third kappa shape index (κ3) is 6.95. The minimum atomic E-state index is -1.26. The Kier molecular flexibility index (Phi) is 9.53. The SMILES string of the molecule is O=C(N[C@H](CSC(c1ccccc1)(c1ccccc1)c1ccccc1)C(=O)ON1C(=O)CCC1=O)OCc1ccccc1. The van der Waals surface area contributed by atoms with Crippen LogP contribution in [0.15, 0.2) is 121 Å². The van der Waals surface area contributed by atoms with Crippen molar-refractivity contribution in [3.8, 4) is 0 Å². The summed E-state index contributed by atoms with van der Waals surface area (Å²) in [6, 6.07) is 37.5. The predicted octanol–water partition coefficient (Wildman–Crippen LogP) is 5.61. The first kappa shape index (κ1) is 29.6. The van der Waals surface area contributed by atoms with E-state index < -0.39 is 34.7 Å². The van der Waals surface area contributed by atoms with Gasteiger partial charge in [-0.15, -0.1) is 16.8 Å². The number of carbonyl (C=O) groups is 4. The van der Waals surface area contributed by atoms with Crippen molar-refractivity contribution in [2.24, 2.45) is 0 Å². The summed E-state index contributed by atoms with van der Waals surface area (Å²) in [5, 5.41) is 3.09. The maximum atomic E-state index is 13.5. The van der Waals surface area contributed by atoms with Crippen LogP contribution in [-0.4, -0.2) is 40.7 Å². The highest BCUT2D eigenvalue weighted by molar-refractivity contribution is 8.00. The van der Waals surface area contributed by atoms with Gasteiger partial charge in [-0.3, -0.25) is 9.59 Å². The number of carbonyl (C=O) groups excluding carboxylic acids is 4. The second kappa shape index (κ2) is 13.8. The summed E-state index contributed by atoms with van der Waals surface area (Å²) in [5.74, 6) is -2.14. The first-order valence-electron chi connectivity index (χ1n) is 13.8. The van der Waals surface area contributed by atoms with Crippen LogP contribution in [0.1, 0.15) is 35.1 Å². The number of benzene rings is 4. The zero-order valence-electron chi connectivity index (χ0n) is 23.3. The molecule has 4 aromatic carbocycles. The van der Waals surface area contributed by atoms with Crippen molar-refractivity contribution in [2.45, 2.75) is 30.2 Å². The molecule has 0 spiro atoms. The van der Waals surface area contributed by atoms with Gasteiger partial charge in [-0.25, -0.2) is 9.59 Å². The van der Waals surface area contributed by atoms with E-state index in [1.807, 2.05) is 121 Å². The monoisotopic (exact) mass is 594 g/mol. The van der Waals surface area contributed by atoms with Crippen molar-refractivity contribution in [3.05, 3.63) is 144 Å². The highest BCUT2D eigenvalue weighted by Gasteiger charge is 2.40. The number of ether oxygens (including phenoxy) is 1. The number of rotatable bonds is 11. The van der Waals surface area contributed by atoms with E-state index >= 15 is 0 Å². The van der Waals surface area contributed by atoms with E-state index in [0.29, 0.717) is 5.06 Å². The van der Waals surface area contributed by atoms with Gasteiger partial charge in [-0.2, -0.15) is 0 Å². The molecule has 1 fully saturated rings. The fraction of sp³-hybridized carbons (Fsp3) is 0.176. The molecule has 5 rings (SSSR count). The Morgan fingerprint density at radius 2 is 1.16 bits per heavy atom. The van der Waals surface area contributed by atoms with Crippen LogP contribution >= 0.6 is 11.8 Å². The molecule has 0 saturated carbocycles. The molecule has 0 unspecified atom stereocenters. The van der Waals surface area contributed by atoms with E-state index in [-0.39, 0.29) is 25.2 Å².